The van der Waals surface area contributed by atoms with Gasteiger partial charge in [-0.05, 0) is 54.8 Å². The smallest absolute Gasteiger partial charge is 0.162 e. The Morgan fingerprint density at radius 3 is 2.59 bits per heavy atom. The third-order valence-electron chi connectivity index (χ3n) is 5.89. The van der Waals surface area contributed by atoms with Crippen LogP contribution in [0, 0.1) is 23.7 Å². The van der Waals surface area contributed by atoms with Gasteiger partial charge in [0.2, 0.25) is 0 Å². The second kappa shape index (κ2) is 8.46. The van der Waals surface area contributed by atoms with E-state index in [9.17, 15) is 10.1 Å². The van der Waals surface area contributed by atoms with E-state index in [4.69, 9.17) is 28.9 Å². The molecule has 0 saturated heterocycles. The highest BCUT2D eigenvalue weighted by Gasteiger charge is 2.45. The van der Waals surface area contributed by atoms with Crippen molar-refractivity contribution in [2.24, 2.45) is 11.1 Å². The lowest BCUT2D eigenvalue weighted by molar-refractivity contribution is -0.118. The van der Waals surface area contributed by atoms with E-state index in [2.05, 4.69) is 26.0 Å². The molecule has 0 fully saturated rings. The molecular formula is C24H23Cl2N3OS2. The van der Waals surface area contributed by atoms with Gasteiger partial charge < -0.3 is 5.73 Å². The number of rotatable bonds is 3. The van der Waals surface area contributed by atoms with Crippen molar-refractivity contribution in [2.45, 2.75) is 43.7 Å². The highest BCUT2D eigenvalue weighted by Crippen LogP contribution is 2.52. The SMILES string of the molecule is CSc1sc(C)cc1[C@H]1C(C#N)=C(N)N(c2ccc(Cl)c(Cl)c2)C2=C1C(=O)CC(C)(C)C2. The third-order valence-corrected chi connectivity index (χ3v) is 8.84. The van der Waals surface area contributed by atoms with Crippen LogP contribution in [0.4, 0.5) is 5.69 Å². The van der Waals surface area contributed by atoms with E-state index in [-0.39, 0.29) is 11.2 Å². The zero-order valence-electron chi connectivity index (χ0n) is 18.3. The number of nitrogens with zero attached hydrogens (tertiary/aromatic N) is 2. The molecule has 32 heavy (non-hydrogen) atoms. The van der Waals surface area contributed by atoms with Crippen LogP contribution < -0.4 is 10.6 Å². The maximum atomic E-state index is 13.6. The Bertz CT molecular complexity index is 1240. The summed E-state index contributed by atoms with van der Waals surface area (Å²) < 4.78 is 1.10. The zero-order chi connectivity index (χ0) is 23.4. The van der Waals surface area contributed by atoms with Gasteiger partial charge in [0.15, 0.2) is 5.78 Å². The molecule has 1 aliphatic carbocycles. The van der Waals surface area contributed by atoms with Gasteiger partial charge in [-0.1, -0.05) is 37.0 Å². The van der Waals surface area contributed by atoms with Crippen molar-refractivity contribution in [3.63, 3.8) is 0 Å². The van der Waals surface area contributed by atoms with Crippen LogP contribution in [-0.4, -0.2) is 12.0 Å². The van der Waals surface area contributed by atoms with Gasteiger partial charge in [-0.2, -0.15) is 5.26 Å². The summed E-state index contributed by atoms with van der Waals surface area (Å²) in [5.41, 5.74) is 10.00. The first kappa shape index (κ1) is 23.3. The number of ketones is 1. The maximum Gasteiger partial charge on any atom is 0.162 e. The lowest BCUT2D eigenvalue weighted by atomic mass is 9.69. The molecule has 166 valence electrons. The van der Waals surface area contributed by atoms with Gasteiger partial charge in [-0.25, -0.2) is 0 Å². The van der Waals surface area contributed by atoms with Gasteiger partial charge in [-0.15, -0.1) is 23.1 Å². The van der Waals surface area contributed by atoms with Crippen LogP contribution in [0.5, 0.6) is 0 Å². The van der Waals surface area contributed by atoms with E-state index < -0.39 is 5.92 Å². The molecule has 0 amide bonds. The summed E-state index contributed by atoms with van der Waals surface area (Å²) in [4.78, 5) is 16.6. The average molecular weight is 505 g/mol. The molecule has 2 aromatic rings. The lowest BCUT2D eigenvalue weighted by Gasteiger charge is -2.43. The number of Topliss-reactive ketones (excluding diaryl/α,β-unsaturated/α-hetero) is 1. The topological polar surface area (TPSA) is 70.1 Å². The first-order valence-electron chi connectivity index (χ1n) is 10.1. The number of hydrogen-bond acceptors (Lipinski definition) is 6. The normalized spacial score (nSPS) is 20.5. The Hall–Kier alpha value is -1.91. The minimum atomic E-state index is -0.468. The molecule has 0 bridgehead atoms. The van der Waals surface area contributed by atoms with Crippen LogP contribution in [0.15, 0.2) is 51.1 Å². The van der Waals surface area contributed by atoms with Crippen molar-refractivity contribution in [3.05, 3.63) is 67.4 Å². The van der Waals surface area contributed by atoms with Crippen LogP contribution >= 0.6 is 46.3 Å². The van der Waals surface area contributed by atoms with Crippen LogP contribution in [0.1, 0.15) is 43.0 Å². The molecular weight excluding hydrogens is 481 g/mol. The van der Waals surface area contributed by atoms with Crippen molar-refractivity contribution in [3.8, 4) is 6.07 Å². The van der Waals surface area contributed by atoms with Gasteiger partial charge in [0, 0.05) is 28.3 Å². The standard InChI is InChI=1S/C24H23Cl2N3OS2/c1-12-7-14(23(31-4)32-12)20-15(11-27)22(28)29(13-5-6-16(25)17(26)8-13)18-9-24(2,3)10-19(30)21(18)20/h5-8,20H,9-10,28H2,1-4H3/t20-/m0/s1. The highest BCUT2D eigenvalue weighted by molar-refractivity contribution is 8.00. The number of halogens is 2. The molecule has 0 unspecified atom stereocenters. The summed E-state index contributed by atoms with van der Waals surface area (Å²) in [6, 6.07) is 9.65. The summed E-state index contributed by atoms with van der Waals surface area (Å²) in [5, 5.41) is 11.0. The molecule has 4 rings (SSSR count). The largest absolute Gasteiger partial charge is 0.384 e. The number of carbonyl (C=O) groups excluding carboxylic acids is 1. The van der Waals surface area contributed by atoms with Crippen molar-refractivity contribution in [1.82, 2.24) is 0 Å². The molecule has 1 aliphatic heterocycles. The van der Waals surface area contributed by atoms with Gasteiger partial charge >= 0.3 is 0 Å². The van der Waals surface area contributed by atoms with Crippen LogP contribution in [-0.2, 0) is 4.79 Å². The van der Waals surface area contributed by atoms with E-state index in [1.807, 2.05) is 24.1 Å². The number of anilines is 1. The molecule has 1 aromatic carbocycles. The fourth-order valence-electron chi connectivity index (χ4n) is 4.61. The molecule has 2 heterocycles. The summed E-state index contributed by atoms with van der Waals surface area (Å²) in [7, 11) is 0. The number of carbonyl (C=O) groups is 1. The van der Waals surface area contributed by atoms with Crippen LogP contribution in [0.3, 0.4) is 0 Å². The molecule has 4 nitrogen and oxygen atoms in total. The predicted molar refractivity (Wildman–Crippen MR) is 134 cm³/mol. The lowest BCUT2D eigenvalue weighted by Crippen LogP contribution is -2.42. The highest BCUT2D eigenvalue weighted by atomic mass is 35.5. The summed E-state index contributed by atoms with van der Waals surface area (Å²) >= 11 is 15.8. The van der Waals surface area contributed by atoms with Crippen molar-refractivity contribution < 1.29 is 4.79 Å². The molecule has 1 atom stereocenters. The number of nitriles is 1. The van der Waals surface area contributed by atoms with E-state index in [1.165, 1.54) is 0 Å². The molecule has 2 N–H and O–H groups in total. The van der Waals surface area contributed by atoms with Gasteiger partial charge in [-0.3, -0.25) is 9.69 Å². The monoisotopic (exact) mass is 503 g/mol. The molecule has 0 radical (unpaired) electrons. The molecule has 2 aliphatic rings. The minimum absolute atomic E-state index is 0.0578. The van der Waals surface area contributed by atoms with Gasteiger partial charge in [0.1, 0.15) is 5.82 Å². The molecule has 0 saturated carbocycles. The Labute approximate surface area is 206 Å². The van der Waals surface area contributed by atoms with E-state index >= 15 is 0 Å². The Morgan fingerprint density at radius 1 is 1.25 bits per heavy atom. The summed E-state index contributed by atoms with van der Waals surface area (Å²) in [6.45, 7) is 6.20. The van der Waals surface area contributed by atoms with E-state index in [0.29, 0.717) is 45.5 Å². The fraction of sp³-hybridized carbons (Fsp3) is 0.333. The van der Waals surface area contributed by atoms with E-state index in [0.717, 1.165) is 20.3 Å². The second-order valence-electron chi connectivity index (χ2n) is 8.88. The van der Waals surface area contributed by atoms with Gasteiger partial charge in [0.25, 0.3) is 0 Å². The number of thiophene rings is 1. The van der Waals surface area contributed by atoms with Crippen molar-refractivity contribution >= 4 is 57.8 Å². The summed E-state index contributed by atoms with van der Waals surface area (Å²) in [6.07, 6.45) is 3.09. The number of nitrogens with two attached hydrogens (primary N) is 1. The first-order chi connectivity index (χ1) is 15.1. The van der Waals surface area contributed by atoms with Crippen LogP contribution in [0.2, 0.25) is 10.0 Å². The Morgan fingerprint density at radius 2 is 1.97 bits per heavy atom. The quantitative estimate of drug-likeness (QED) is 0.455. The van der Waals surface area contributed by atoms with Gasteiger partial charge in [0.05, 0.1) is 31.8 Å². The fourth-order valence-corrected chi connectivity index (χ4v) is 6.82. The van der Waals surface area contributed by atoms with Crippen molar-refractivity contribution in [1.29, 1.82) is 5.26 Å². The number of hydrogen-bond donors (Lipinski definition) is 1. The Kier molecular flexibility index (Phi) is 6.15. The zero-order valence-corrected chi connectivity index (χ0v) is 21.4. The first-order valence-corrected chi connectivity index (χ1v) is 12.9. The number of thioether (sulfide) groups is 1. The predicted octanol–water partition coefficient (Wildman–Crippen LogP) is 7.03. The maximum absolute atomic E-state index is 13.6. The Balaban J connectivity index is 2.03. The molecule has 1 aromatic heterocycles. The number of allylic oxidation sites excluding steroid dienone is 3. The minimum Gasteiger partial charge on any atom is -0.384 e. The van der Waals surface area contributed by atoms with E-state index in [1.54, 1.807) is 35.2 Å². The third kappa shape index (κ3) is 3.86. The molecule has 8 heteroatoms. The summed E-state index contributed by atoms with van der Waals surface area (Å²) in [5.74, 6) is -0.0801. The number of benzene rings is 1. The average Bonchev–Trinajstić information content (AvgIpc) is 3.09. The second-order valence-corrected chi connectivity index (χ2v) is 12.0. The number of aryl methyl sites for hydroxylation is 1. The molecule has 0 spiro atoms. The van der Waals surface area contributed by atoms with Crippen LogP contribution in [0.25, 0.3) is 0 Å². The van der Waals surface area contributed by atoms with Crippen molar-refractivity contribution in [2.75, 3.05) is 11.2 Å².